The lowest BCUT2D eigenvalue weighted by atomic mass is 9.76. The zero-order valence-electron chi connectivity index (χ0n) is 7.40. The molecule has 0 aliphatic heterocycles. The van der Waals surface area contributed by atoms with Crippen LogP contribution in [0.3, 0.4) is 0 Å². The lowest BCUT2D eigenvalue weighted by Crippen LogP contribution is -2.42. The molecule has 0 radical (unpaired) electrons. The third kappa shape index (κ3) is 2.17. The summed E-state index contributed by atoms with van der Waals surface area (Å²) in [5, 5.41) is 35.9. The number of hydrogen-bond donors (Lipinski definition) is 4. The van der Waals surface area contributed by atoms with Crippen molar-refractivity contribution in [3.63, 3.8) is 0 Å². The van der Waals surface area contributed by atoms with Crippen molar-refractivity contribution in [2.75, 3.05) is 26.4 Å². The number of rotatable bonds is 6. The van der Waals surface area contributed by atoms with E-state index in [2.05, 4.69) is 0 Å². The molecule has 4 nitrogen and oxygen atoms in total. The van der Waals surface area contributed by atoms with Gasteiger partial charge in [0.05, 0.1) is 19.8 Å². The Morgan fingerprint density at radius 1 is 1.00 bits per heavy atom. The SMILES string of the molecule is CCC(CO)C(CO)(CO)CO. The first-order chi connectivity index (χ1) is 5.70. The van der Waals surface area contributed by atoms with Gasteiger partial charge in [0.15, 0.2) is 0 Å². The summed E-state index contributed by atoms with van der Waals surface area (Å²) in [6.45, 7) is 0.798. The minimum Gasteiger partial charge on any atom is -0.396 e. The van der Waals surface area contributed by atoms with Crippen molar-refractivity contribution in [2.45, 2.75) is 13.3 Å². The van der Waals surface area contributed by atoms with Crippen LogP contribution >= 0.6 is 0 Å². The molecule has 1 atom stereocenters. The second-order valence-corrected chi connectivity index (χ2v) is 3.12. The summed E-state index contributed by atoms with van der Waals surface area (Å²) in [6, 6.07) is 0. The van der Waals surface area contributed by atoms with Gasteiger partial charge in [-0.15, -0.1) is 0 Å². The van der Waals surface area contributed by atoms with E-state index in [0.717, 1.165) is 0 Å². The second-order valence-electron chi connectivity index (χ2n) is 3.12. The van der Waals surface area contributed by atoms with Gasteiger partial charge in [-0.3, -0.25) is 0 Å². The van der Waals surface area contributed by atoms with E-state index in [0.29, 0.717) is 6.42 Å². The highest BCUT2D eigenvalue weighted by Gasteiger charge is 2.35. The Labute approximate surface area is 72.5 Å². The molecule has 0 aromatic carbocycles. The van der Waals surface area contributed by atoms with Crippen molar-refractivity contribution in [3.8, 4) is 0 Å². The molecule has 0 saturated heterocycles. The zero-order valence-corrected chi connectivity index (χ0v) is 7.40. The maximum atomic E-state index is 8.98. The fraction of sp³-hybridized carbons (Fsp3) is 1.00. The normalized spacial score (nSPS) is 14.8. The number of aliphatic hydroxyl groups excluding tert-OH is 4. The van der Waals surface area contributed by atoms with Gasteiger partial charge in [-0.1, -0.05) is 13.3 Å². The molecule has 74 valence electrons. The van der Waals surface area contributed by atoms with Crippen LogP contribution in [-0.4, -0.2) is 46.9 Å². The molecule has 0 bridgehead atoms. The molecular weight excluding hydrogens is 160 g/mol. The standard InChI is InChI=1S/C8H18O4/c1-2-7(3-9)8(4-10,5-11)6-12/h7,9-12H,2-6H2,1H3. The molecule has 0 heterocycles. The van der Waals surface area contributed by atoms with Crippen LogP contribution < -0.4 is 0 Å². The third-order valence-corrected chi connectivity index (χ3v) is 2.52. The lowest BCUT2D eigenvalue weighted by Gasteiger charge is -2.34. The largest absolute Gasteiger partial charge is 0.396 e. The highest BCUT2D eigenvalue weighted by atomic mass is 16.3. The Bertz CT molecular complexity index is 99.4. The fourth-order valence-electron chi connectivity index (χ4n) is 1.29. The Kier molecular flexibility index (Phi) is 5.41. The van der Waals surface area contributed by atoms with Crippen LogP contribution in [0.2, 0.25) is 0 Å². The molecule has 0 fully saturated rings. The van der Waals surface area contributed by atoms with Crippen LogP contribution in [-0.2, 0) is 0 Å². The van der Waals surface area contributed by atoms with Crippen LogP contribution in [0.15, 0.2) is 0 Å². The highest BCUT2D eigenvalue weighted by molar-refractivity contribution is 4.84. The van der Waals surface area contributed by atoms with E-state index in [4.69, 9.17) is 20.4 Å². The summed E-state index contributed by atoms with van der Waals surface area (Å²) < 4.78 is 0. The van der Waals surface area contributed by atoms with E-state index >= 15 is 0 Å². The topological polar surface area (TPSA) is 80.9 Å². The first kappa shape index (κ1) is 11.8. The number of hydrogen-bond acceptors (Lipinski definition) is 4. The maximum absolute atomic E-state index is 8.98. The van der Waals surface area contributed by atoms with Gasteiger partial charge < -0.3 is 20.4 Å². The van der Waals surface area contributed by atoms with Crippen molar-refractivity contribution >= 4 is 0 Å². The summed E-state index contributed by atoms with van der Waals surface area (Å²) in [5.74, 6) is -0.252. The molecular formula is C8H18O4. The molecule has 1 unspecified atom stereocenters. The molecule has 0 rings (SSSR count). The van der Waals surface area contributed by atoms with Crippen molar-refractivity contribution in [3.05, 3.63) is 0 Å². The second kappa shape index (κ2) is 5.48. The average molecular weight is 178 g/mol. The van der Waals surface area contributed by atoms with E-state index in [9.17, 15) is 0 Å². The fourth-order valence-corrected chi connectivity index (χ4v) is 1.29. The smallest absolute Gasteiger partial charge is 0.0535 e. The minimum atomic E-state index is -0.941. The van der Waals surface area contributed by atoms with Gasteiger partial charge in [-0.25, -0.2) is 0 Å². The molecule has 4 heteroatoms. The maximum Gasteiger partial charge on any atom is 0.0535 e. The monoisotopic (exact) mass is 178 g/mol. The van der Waals surface area contributed by atoms with Crippen molar-refractivity contribution in [2.24, 2.45) is 11.3 Å². The molecule has 12 heavy (non-hydrogen) atoms. The Morgan fingerprint density at radius 3 is 1.50 bits per heavy atom. The molecule has 0 spiro atoms. The number of aliphatic hydroxyl groups is 4. The summed E-state index contributed by atoms with van der Waals surface area (Å²) >= 11 is 0. The average Bonchev–Trinajstić information content (AvgIpc) is 2.14. The van der Waals surface area contributed by atoms with Crippen LogP contribution in [0, 0.1) is 11.3 Å². The van der Waals surface area contributed by atoms with Crippen molar-refractivity contribution in [1.82, 2.24) is 0 Å². The van der Waals surface area contributed by atoms with E-state index < -0.39 is 5.41 Å². The van der Waals surface area contributed by atoms with E-state index in [-0.39, 0.29) is 32.3 Å². The van der Waals surface area contributed by atoms with E-state index in [1.54, 1.807) is 0 Å². The van der Waals surface area contributed by atoms with Crippen LogP contribution in [0.5, 0.6) is 0 Å². The van der Waals surface area contributed by atoms with Crippen molar-refractivity contribution in [1.29, 1.82) is 0 Å². The van der Waals surface area contributed by atoms with Gasteiger partial charge in [0.1, 0.15) is 0 Å². The molecule has 0 amide bonds. The quantitative estimate of drug-likeness (QED) is 0.419. The summed E-state index contributed by atoms with van der Waals surface area (Å²) in [5.41, 5.74) is -0.941. The molecule has 0 aliphatic carbocycles. The lowest BCUT2D eigenvalue weighted by molar-refractivity contribution is -0.0558. The molecule has 0 aromatic rings. The van der Waals surface area contributed by atoms with E-state index in [1.165, 1.54) is 0 Å². The first-order valence-electron chi connectivity index (χ1n) is 4.14. The van der Waals surface area contributed by atoms with Crippen molar-refractivity contribution < 1.29 is 20.4 Å². The van der Waals surface area contributed by atoms with Gasteiger partial charge >= 0.3 is 0 Å². The summed E-state index contributed by atoms with van der Waals surface area (Å²) in [6.07, 6.45) is 0.623. The molecule has 0 aliphatic rings. The summed E-state index contributed by atoms with van der Waals surface area (Å²) in [4.78, 5) is 0. The third-order valence-electron chi connectivity index (χ3n) is 2.52. The highest BCUT2D eigenvalue weighted by Crippen LogP contribution is 2.28. The van der Waals surface area contributed by atoms with Gasteiger partial charge in [0, 0.05) is 12.0 Å². The Hall–Kier alpha value is -0.160. The van der Waals surface area contributed by atoms with Gasteiger partial charge in [-0.2, -0.15) is 0 Å². The zero-order chi connectivity index (χ0) is 9.61. The van der Waals surface area contributed by atoms with Crippen LogP contribution in [0.4, 0.5) is 0 Å². The van der Waals surface area contributed by atoms with E-state index in [1.807, 2.05) is 6.92 Å². The first-order valence-corrected chi connectivity index (χ1v) is 4.14. The molecule has 4 N–H and O–H groups in total. The Balaban J connectivity index is 4.42. The van der Waals surface area contributed by atoms with Gasteiger partial charge in [0.2, 0.25) is 0 Å². The molecule has 0 saturated carbocycles. The van der Waals surface area contributed by atoms with Gasteiger partial charge in [-0.05, 0) is 5.92 Å². The predicted octanol–water partition coefficient (Wildman–Crippen LogP) is -1.03. The van der Waals surface area contributed by atoms with Crippen LogP contribution in [0.1, 0.15) is 13.3 Å². The molecule has 0 aromatic heterocycles. The minimum absolute atomic E-state index is 0.127. The predicted molar refractivity (Wildman–Crippen MR) is 44.6 cm³/mol. The Morgan fingerprint density at radius 2 is 1.42 bits per heavy atom. The van der Waals surface area contributed by atoms with Crippen LogP contribution in [0.25, 0.3) is 0 Å². The summed E-state index contributed by atoms with van der Waals surface area (Å²) in [7, 11) is 0. The van der Waals surface area contributed by atoms with Gasteiger partial charge in [0.25, 0.3) is 0 Å².